The van der Waals surface area contributed by atoms with Crippen LogP contribution in [0.3, 0.4) is 0 Å². The lowest BCUT2D eigenvalue weighted by molar-refractivity contribution is -0.146. The molecule has 5 nitrogen and oxygen atoms in total. The Labute approximate surface area is 117 Å². The Kier molecular flexibility index (Phi) is 4.90. The molecule has 0 aliphatic rings. The number of ether oxygens (including phenoxy) is 1. The van der Waals surface area contributed by atoms with Gasteiger partial charge in [-0.3, -0.25) is 4.79 Å². The molecule has 0 saturated heterocycles. The maximum Gasteiger partial charge on any atom is 0.323 e. The van der Waals surface area contributed by atoms with Crippen molar-refractivity contribution in [3.8, 4) is 0 Å². The second-order valence-electron chi connectivity index (χ2n) is 4.49. The predicted molar refractivity (Wildman–Crippen MR) is 73.8 cm³/mol. The molecule has 0 amide bonds. The lowest BCUT2D eigenvalue weighted by Gasteiger charge is -2.09. The van der Waals surface area contributed by atoms with E-state index in [2.05, 4.69) is 4.98 Å². The number of aryl methyl sites for hydroxylation is 1. The summed E-state index contributed by atoms with van der Waals surface area (Å²) in [6.07, 6.45) is 2.61. The van der Waals surface area contributed by atoms with Gasteiger partial charge in [-0.05, 0) is 12.0 Å². The van der Waals surface area contributed by atoms with E-state index in [4.69, 9.17) is 14.9 Å². The van der Waals surface area contributed by atoms with Crippen molar-refractivity contribution in [2.24, 2.45) is 5.73 Å². The van der Waals surface area contributed by atoms with Gasteiger partial charge in [-0.25, -0.2) is 4.98 Å². The van der Waals surface area contributed by atoms with Crippen LogP contribution < -0.4 is 5.73 Å². The van der Waals surface area contributed by atoms with Crippen LogP contribution >= 0.6 is 0 Å². The Balaban J connectivity index is 1.82. The molecule has 2 aromatic rings. The number of hydrogen-bond acceptors (Lipinski definition) is 5. The van der Waals surface area contributed by atoms with Crippen LogP contribution in [0.5, 0.6) is 0 Å². The standard InChI is InChI=1S/C15H18N2O3/c1-2-12-10-19-14(17-12)8-13(16)15(18)20-9-11-6-4-3-5-7-11/h3-7,10,13H,2,8-9,16H2,1H3/t13-/m0/s1. The van der Waals surface area contributed by atoms with Gasteiger partial charge in [-0.2, -0.15) is 0 Å². The van der Waals surface area contributed by atoms with Crippen molar-refractivity contribution in [2.45, 2.75) is 32.4 Å². The van der Waals surface area contributed by atoms with E-state index in [0.717, 1.165) is 17.7 Å². The third kappa shape index (κ3) is 3.93. The number of rotatable bonds is 6. The molecule has 0 aliphatic carbocycles. The number of hydrogen-bond donors (Lipinski definition) is 1. The minimum absolute atomic E-state index is 0.221. The predicted octanol–water partition coefficient (Wildman–Crippen LogP) is 1.85. The maximum atomic E-state index is 11.8. The van der Waals surface area contributed by atoms with Crippen molar-refractivity contribution in [1.82, 2.24) is 4.98 Å². The van der Waals surface area contributed by atoms with Gasteiger partial charge in [0, 0.05) is 0 Å². The minimum atomic E-state index is -0.762. The van der Waals surface area contributed by atoms with E-state index in [-0.39, 0.29) is 13.0 Å². The number of esters is 1. The van der Waals surface area contributed by atoms with Gasteiger partial charge in [0.2, 0.25) is 0 Å². The largest absolute Gasteiger partial charge is 0.460 e. The average molecular weight is 274 g/mol. The van der Waals surface area contributed by atoms with Crippen LogP contribution in [0, 0.1) is 0 Å². The second-order valence-corrected chi connectivity index (χ2v) is 4.49. The van der Waals surface area contributed by atoms with Gasteiger partial charge in [0.1, 0.15) is 18.9 Å². The van der Waals surface area contributed by atoms with E-state index >= 15 is 0 Å². The highest BCUT2D eigenvalue weighted by Crippen LogP contribution is 2.07. The summed E-state index contributed by atoms with van der Waals surface area (Å²) in [6, 6.07) is 8.71. The molecule has 1 heterocycles. The van der Waals surface area contributed by atoms with Crippen molar-refractivity contribution in [3.05, 3.63) is 53.7 Å². The molecule has 0 bridgehead atoms. The molecule has 0 unspecified atom stereocenters. The van der Waals surface area contributed by atoms with Crippen molar-refractivity contribution in [1.29, 1.82) is 0 Å². The SMILES string of the molecule is CCc1coc(C[C@H](N)C(=O)OCc2ccccc2)n1. The van der Waals surface area contributed by atoms with Gasteiger partial charge >= 0.3 is 5.97 Å². The molecule has 2 rings (SSSR count). The summed E-state index contributed by atoms with van der Waals surface area (Å²) in [5.74, 6) is 0.0103. The first-order chi connectivity index (χ1) is 9.69. The van der Waals surface area contributed by atoms with Crippen molar-refractivity contribution in [3.63, 3.8) is 0 Å². The molecule has 20 heavy (non-hydrogen) atoms. The summed E-state index contributed by atoms with van der Waals surface area (Å²) >= 11 is 0. The van der Waals surface area contributed by atoms with E-state index in [9.17, 15) is 4.79 Å². The van der Waals surface area contributed by atoms with Crippen LogP contribution in [-0.2, 0) is 29.0 Å². The second kappa shape index (κ2) is 6.86. The molecule has 0 aliphatic heterocycles. The zero-order valence-corrected chi connectivity index (χ0v) is 11.4. The summed E-state index contributed by atoms with van der Waals surface area (Å²) in [6.45, 7) is 2.20. The molecule has 1 atom stereocenters. The van der Waals surface area contributed by atoms with Gasteiger partial charge in [0.05, 0.1) is 12.1 Å². The van der Waals surface area contributed by atoms with Gasteiger partial charge in [0.15, 0.2) is 5.89 Å². The monoisotopic (exact) mass is 274 g/mol. The number of nitrogens with two attached hydrogens (primary N) is 1. The fourth-order valence-corrected chi connectivity index (χ4v) is 1.71. The molecule has 5 heteroatoms. The highest BCUT2D eigenvalue weighted by Gasteiger charge is 2.18. The quantitative estimate of drug-likeness (QED) is 0.813. The summed E-state index contributed by atoms with van der Waals surface area (Å²) in [7, 11) is 0. The summed E-state index contributed by atoms with van der Waals surface area (Å²) in [5, 5.41) is 0. The number of carbonyl (C=O) groups is 1. The number of nitrogens with zero attached hydrogens (tertiary/aromatic N) is 1. The van der Waals surface area contributed by atoms with Crippen LogP contribution in [0.2, 0.25) is 0 Å². The van der Waals surface area contributed by atoms with Crippen LogP contribution in [0.25, 0.3) is 0 Å². The first-order valence-electron chi connectivity index (χ1n) is 6.58. The van der Waals surface area contributed by atoms with Crippen LogP contribution in [-0.4, -0.2) is 17.0 Å². The Morgan fingerprint density at radius 2 is 2.15 bits per heavy atom. The smallest absolute Gasteiger partial charge is 0.323 e. The molecule has 0 fully saturated rings. The van der Waals surface area contributed by atoms with Crippen molar-refractivity contribution < 1.29 is 13.9 Å². The average Bonchev–Trinajstić information content (AvgIpc) is 2.93. The first kappa shape index (κ1) is 14.3. The Morgan fingerprint density at radius 1 is 1.40 bits per heavy atom. The van der Waals surface area contributed by atoms with E-state index in [1.54, 1.807) is 6.26 Å². The molecule has 2 N–H and O–H groups in total. The number of benzene rings is 1. The molecule has 106 valence electrons. The normalized spacial score (nSPS) is 12.1. The zero-order valence-electron chi connectivity index (χ0n) is 11.4. The number of carbonyl (C=O) groups excluding carboxylic acids is 1. The lowest BCUT2D eigenvalue weighted by Crippen LogP contribution is -2.34. The van der Waals surface area contributed by atoms with Crippen LogP contribution in [0.1, 0.15) is 24.1 Å². The third-order valence-corrected chi connectivity index (χ3v) is 2.88. The fraction of sp³-hybridized carbons (Fsp3) is 0.333. The fourth-order valence-electron chi connectivity index (χ4n) is 1.71. The molecule has 1 aromatic heterocycles. The topological polar surface area (TPSA) is 78.3 Å². The Morgan fingerprint density at radius 3 is 2.80 bits per heavy atom. The van der Waals surface area contributed by atoms with Crippen molar-refractivity contribution in [2.75, 3.05) is 0 Å². The van der Waals surface area contributed by atoms with Gasteiger partial charge < -0.3 is 14.9 Å². The van der Waals surface area contributed by atoms with E-state index in [1.165, 1.54) is 0 Å². The Hall–Kier alpha value is -2.14. The highest BCUT2D eigenvalue weighted by molar-refractivity contribution is 5.75. The van der Waals surface area contributed by atoms with E-state index in [0.29, 0.717) is 5.89 Å². The van der Waals surface area contributed by atoms with Gasteiger partial charge in [0.25, 0.3) is 0 Å². The number of oxazole rings is 1. The van der Waals surface area contributed by atoms with E-state index in [1.807, 2.05) is 37.3 Å². The molecule has 1 aromatic carbocycles. The summed E-state index contributed by atoms with van der Waals surface area (Å²) < 4.78 is 10.4. The lowest BCUT2D eigenvalue weighted by atomic mass is 10.2. The van der Waals surface area contributed by atoms with Gasteiger partial charge in [-0.15, -0.1) is 0 Å². The molecular weight excluding hydrogens is 256 g/mol. The van der Waals surface area contributed by atoms with E-state index < -0.39 is 12.0 Å². The summed E-state index contributed by atoms with van der Waals surface area (Å²) in [5.41, 5.74) is 7.57. The molecule has 0 saturated carbocycles. The zero-order chi connectivity index (χ0) is 14.4. The minimum Gasteiger partial charge on any atom is -0.460 e. The first-order valence-corrected chi connectivity index (χ1v) is 6.58. The Bertz CT molecular complexity index is 551. The van der Waals surface area contributed by atoms with Gasteiger partial charge in [-0.1, -0.05) is 37.3 Å². The molecular formula is C15H18N2O3. The third-order valence-electron chi connectivity index (χ3n) is 2.88. The summed E-state index contributed by atoms with van der Waals surface area (Å²) in [4.78, 5) is 16.0. The molecule has 0 radical (unpaired) electrons. The highest BCUT2D eigenvalue weighted by atomic mass is 16.5. The molecule has 0 spiro atoms. The van der Waals surface area contributed by atoms with Crippen LogP contribution in [0.15, 0.2) is 41.0 Å². The number of aromatic nitrogens is 1. The maximum absolute atomic E-state index is 11.8. The van der Waals surface area contributed by atoms with Crippen LogP contribution in [0.4, 0.5) is 0 Å². The van der Waals surface area contributed by atoms with Crippen molar-refractivity contribution >= 4 is 5.97 Å².